The molecular formula is C12H12Br2N4. The number of aryl methyl sites for hydroxylation is 1. The lowest BCUT2D eigenvalue weighted by atomic mass is 10.2. The van der Waals surface area contributed by atoms with Gasteiger partial charge in [0.1, 0.15) is 4.60 Å². The second-order valence-electron chi connectivity index (χ2n) is 3.99. The Morgan fingerprint density at radius 2 is 2.00 bits per heavy atom. The molecule has 6 heteroatoms. The molecule has 0 spiro atoms. The second-order valence-corrected chi connectivity index (χ2v) is 5.45. The predicted molar refractivity (Wildman–Crippen MR) is 78.9 cm³/mol. The van der Waals surface area contributed by atoms with Crippen molar-refractivity contribution in [3.63, 3.8) is 0 Å². The number of aromatic nitrogens is 4. The van der Waals surface area contributed by atoms with E-state index in [-0.39, 0.29) is 0 Å². The molecule has 94 valence electrons. The van der Waals surface area contributed by atoms with Gasteiger partial charge < -0.3 is 4.57 Å². The van der Waals surface area contributed by atoms with Crippen molar-refractivity contribution in [1.29, 1.82) is 0 Å². The van der Waals surface area contributed by atoms with Crippen molar-refractivity contribution in [3.8, 4) is 0 Å². The Morgan fingerprint density at radius 1 is 1.28 bits per heavy atom. The number of hydrogen-bond donors (Lipinski definition) is 0. The molecule has 0 saturated heterocycles. The van der Waals surface area contributed by atoms with Crippen LogP contribution in [0.1, 0.15) is 24.0 Å². The third-order valence-electron chi connectivity index (χ3n) is 2.55. The third kappa shape index (κ3) is 2.70. The molecule has 18 heavy (non-hydrogen) atoms. The summed E-state index contributed by atoms with van der Waals surface area (Å²) < 4.78 is 3.54. The maximum Gasteiger partial charge on any atom is 0.178 e. The molecular weight excluding hydrogens is 360 g/mol. The van der Waals surface area contributed by atoms with Crippen LogP contribution >= 0.6 is 31.9 Å². The van der Waals surface area contributed by atoms with Gasteiger partial charge in [0, 0.05) is 13.2 Å². The van der Waals surface area contributed by atoms with E-state index >= 15 is 0 Å². The summed E-state index contributed by atoms with van der Waals surface area (Å²) >= 11 is 6.83. The average Bonchev–Trinajstić information content (AvgIpc) is 2.56. The largest absolute Gasteiger partial charge is 0.321 e. The summed E-state index contributed by atoms with van der Waals surface area (Å²) in [6, 6.07) is 0. The van der Waals surface area contributed by atoms with Crippen molar-refractivity contribution in [3.05, 3.63) is 38.8 Å². The maximum absolute atomic E-state index is 4.45. The zero-order valence-corrected chi connectivity index (χ0v) is 13.4. The molecule has 0 fully saturated rings. The van der Waals surface area contributed by atoms with Gasteiger partial charge >= 0.3 is 0 Å². The van der Waals surface area contributed by atoms with Crippen LogP contribution < -0.4 is 0 Å². The summed E-state index contributed by atoms with van der Waals surface area (Å²) in [5.41, 5.74) is 3.81. The van der Waals surface area contributed by atoms with Crippen LogP contribution in [0.4, 0.5) is 0 Å². The van der Waals surface area contributed by atoms with Crippen molar-refractivity contribution in [2.24, 2.45) is 7.05 Å². The topological polar surface area (TPSA) is 43.6 Å². The van der Waals surface area contributed by atoms with Crippen molar-refractivity contribution >= 4 is 43.5 Å². The van der Waals surface area contributed by atoms with Crippen LogP contribution in [0.15, 0.2) is 21.7 Å². The molecule has 0 radical (unpaired) electrons. The Labute approximate surface area is 122 Å². The lowest BCUT2D eigenvalue weighted by Gasteiger charge is -2.03. The Bertz CT molecular complexity index is 617. The van der Waals surface area contributed by atoms with E-state index < -0.39 is 0 Å². The summed E-state index contributed by atoms with van der Waals surface area (Å²) in [6.07, 6.45) is 5.54. The molecule has 0 N–H and O–H groups in total. The number of nitrogens with zero attached hydrogens (tertiary/aromatic N) is 4. The average molecular weight is 372 g/mol. The molecule has 0 bridgehead atoms. The molecule has 4 nitrogen and oxygen atoms in total. The van der Waals surface area contributed by atoms with E-state index in [2.05, 4.69) is 46.8 Å². The monoisotopic (exact) mass is 370 g/mol. The van der Waals surface area contributed by atoms with Crippen LogP contribution in [0, 0.1) is 6.92 Å². The summed E-state index contributed by atoms with van der Waals surface area (Å²) in [5, 5.41) is 0. The fourth-order valence-corrected chi connectivity index (χ4v) is 2.69. The smallest absolute Gasteiger partial charge is 0.178 e. The first kappa shape index (κ1) is 13.4. The first-order valence-corrected chi connectivity index (χ1v) is 6.92. The molecule has 2 rings (SSSR count). The van der Waals surface area contributed by atoms with Crippen molar-refractivity contribution in [2.45, 2.75) is 13.8 Å². The highest BCUT2D eigenvalue weighted by molar-refractivity contribution is 9.11. The van der Waals surface area contributed by atoms with E-state index in [9.17, 15) is 0 Å². The summed E-state index contributed by atoms with van der Waals surface area (Å²) in [7, 11) is 1.95. The molecule has 0 aliphatic rings. The van der Waals surface area contributed by atoms with Crippen molar-refractivity contribution in [1.82, 2.24) is 19.5 Å². The van der Waals surface area contributed by atoms with Gasteiger partial charge in [0.05, 0.1) is 23.3 Å². The molecule has 0 amide bonds. The number of halogens is 2. The highest BCUT2D eigenvalue weighted by Crippen LogP contribution is 2.24. The standard InChI is InChI=1S/C12H12Br2N4/c1-7(9-6-15-5-8(2)16-9)4-10-11(13)17-12(14)18(10)3/h4-6H,1-3H3/b7-4-. The lowest BCUT2D eigenvalue weighted by Crippen LogP contribution is -1.94. The van der Waals surface area contributed by atoms with Gasteiger partial charge in [-0.3, -0.25) is 9.97 Å². The van der Waals surface area contributed by atoms with Crippen LogP contribution in [0.3, 0.4) is 0 Å². The molecule has 2 aromatic rings. The first-order chi connectivity index (χ1) is 8.49. The minimum atomic E-state index is 0.781. The minimum Gasteiger partial charge on any atom is -0.321 e. The number of allylic oxidation sites excluding steroid dienone is 1. The van der Waals surface area contributed by atoms with E-state index in [0.29, 0.717) is 0 Å². The van der Waals surface area contributed by atoms with Gasteiger partial charge in [0.25, 0.3) is 0 Å². The van der Waals surface area contributed by atoms with Gasteiger partial charge in [-0.05, 0) is 57.4 Å². The molecule has 0 aliphatic carbocycles. The molecule has 2 heterocycles. The quantitative estimate of drug-likeness (QED) is 0.809. The zero-order valence-electron chi connectivity index (χ0n) is 10.3. The van der Waals surface area contributed by atoms with Gasteiger partial charge in [-0.2, -0.15) is 0 Å². The number of hydrogen-bond acceptors (Lipinski definition) is 3. The van der Waals surface area contributed by atoms with E-state index in [4.69, 9.17) is 0 Å². The van der Waals surface area contributed by atoms with Gasteiger partial charge in [-0.25, -0.2) is 4.98 Å². The molecule has 0 saturated carbocycles. The van der Waals surface area contributed by atoms with Crippen LogP contribution in [0.2, 0.25) is 0 Å². The van der Waals surface area contributed by atoms with Gasteiger partial charge in [-0.15, -0.1) is 0 Å². The summed E-state index contributed by atoms with van der Waals surface area (Å²) in [4.78, 5) is 12.9. The maximum atomic E-state index is 4.45. The van der Waals surface area contributed by atoms with E-state index in [0.717, 1.165) is 32.0 Å². The second kappa shape index (κ2) is 5.32. The molecule has 0 aromatic carbocycles. The normalized spacial score (nSPS) is 11.9. The number of rotatable bonds is 2. The highest BCUT2D eigenvalue weighted by Gasteiger charge is 2.09. The summed E-state index contributed by atoms with van der Waals surface area (Å²) in [6.45, 7) is 3.94. The van der Waals surface area contributed by atoms with E-state index in [1.807, 2.05) is 31.5 Å². The Kier molecular flexibility index (Phi) is 3.97. The highest BCUT2D eigenvalue weighted by atomic mass is 79.9. The van der Waals surface area contributed by atoms with Crippen LogP contribution in [0.25, 0.3) is 11.6 Å². The van der Waals surface area contributed by atoms with E-state index in [1.165, 1.54) is 0 Å². The Hall–Kier alpha value is -1.01. The number of imidazole rings is 1. The van der Waals surface area contributed by atoms with Gasteiger partial charge in [0.15, 0.2) is 4.73 Å². The van der Waals surface area contributed by atoms with Gasteiger partial charge in [-0.1, -0.05) is 0 Å². The van der Waals surface area contributed by atoms with Crippen molar-refractivity contribution in [2.75, 3.05) is 0 Å². The molecule has 0 unspecified atom stereocenters. The van der Waals surface area contributed by atoms with Crippen molar-refractivity contribution < 1.29 is 0 Å². The summed E-state index contributed by atoms with van der Waals surface area (Å²) in [5.74, 6) is 0. The molecule has 2 aromatic heterocycles. The Morgan fingerprint density at radius 3 is 2.56 bits per heavy atom. The third-order valence-corrected chi connectivity index (χ3v) is 3.84. The molecule has 0 aliphatic heterocycles. The molecule has 0 atom stereocenters. The predicted octanol–water partition coefficient (Wildman–Crippen LogP) is 3.60. The van der Waals surface area contributed by atoms with Crippen LogP contribution in [-0.2, 0) is 7.05 Å². The fraction of sp³-hybridized carbons (Fsp3) is 0.250. The lowest BCUT2D eigenvalue weighted by molar-refractivity contribution is 0.871. The zero-order chi connectivity index (χ0) is 13.3. The van der Waals surface area contributed by atoms with Crippen LogP contribution in [0.5, 0.6) is 0 Å². The first-order valence-electron chi connectivity index (χ1n) is 5.34. The fourth-order valence-electron chi connectivity index (χ4n) is 1.54. The Balaban J connectivity index is 2.44. The SMILES string of the molecule is C/C(=C/c1c(Br)nc(Br)n1C)c1cncc(C)n1. The van der Waals surface area contributed by atoms with E-state index in [1.54, 1.807) is 12.4 Å². The minimum absolute atomic E-state index is 0.781. The van der Waals surface area contributed by atoms with Crippen LogP contribution in [-0.4, -0.2) is 19.5 Å². The van der Waals surface area contributed by atoms with Gasteiger partial charge in [0.2, 0.25) is 0 Å².